The number of hydrazine groups is 1. The molecular formula is C16H25F2N3. The van der Waals surface area contributed by atoms with Crippen LogP contribution < -0.4 is 11.3 Å². The van der Waals surface area contributed by atoms with Crippen LogP contribution in [0.4, 0.5) is 8.78 Å². The van der Waals surface area contributed by atoms with Crippen LogP contribution in [0.1, 0.15) is 51.1 Å². The SMILES string of the molecule is CCC(C)(C(NN)c1cccc(F)c1F)N1CCCCC1. The molecule has 1 aliphatic heterocycles. The molecule has 1 saturated heterocycles. The number of rotatable bonds is 5. The van der Waals surface area contributed by atoms with Crippen molar-refractivity contribution in [3.05, 3.63) is 35.4 Å². The second-order valence-corrected chi connectivity index (χ2v) is 6.00. The van der Waals surface area contributed by atoms with Crippen LogP contribution in [0.15, 0.2) is 18.2 Å². The Bertz CT molecular complexity index is 475. The van der Waals surface area contributed by atoms with Crippen molar-refractivity contribution < 1.29 is 8.78 Å². The van der Waals surface area contributed by atoms with E-state index < -0.39 is 17.7 Å². The van der Waals surface area contributed by atoms with Gasteiger partial charge in [-0.1, -0.05) is 25.5 Å². The van der Waals surface area contributed by atoms with Gasteiger partial charge in [0.25, 0.3) is 0 Å². The van der Waals surface area contributed by atoms with Gasteiger partial charge in [-0.05, 0) is 45.3 Å². The van der Waals surface area contributed by atoms with Crippen LogP contribution in [0.2, 0.25) is 0 Å². The second kappa shape index (κ2) is 6.81. The van der Waals surface area contributed by atoms with Crippen molar-refractivity contribution in [2.75, 3.05) is 13.1 Å². The van der Waals surface area contributed by atoms with Gasteiger partial charge in [-0.3, -0.25) is 16.2 Å². The zero-order valence-corrected chi connectivity index (χ0v) is 12.8. The van der Waals surface area contributed by atoms with Gasteiger partial charge in [0.15, 0.2) is 11.6 Å². The molecule has 1 heterocycles. The summed E-state index contributed by atoms with van der Waals surface area (Å²) in [6.45, 7) is 6.09. The first-order chi connectivity index (χ1) is 10.0. The van der Waals surface area contributed by atoms with Gasteiger partial charge in [0, 0.05) is 11.1 Å². The molecule has 0 saturated carbocycles. The minimum absolute atomic E-state index is 0.299. The molecule has 0 bridgehead atoms. The van der Waals surface area contributed by atoms with Crippen LogP contribution in [0.3, 0.4) is 0 Å². The lowest BCUT2D eigenvalue weighted by molar-refractivity contribution is 0.0411. The van der Waals surface area contributed by atoms with Crippen molar-refractivity contribution in [1.82, 2.24) is 10.3 Å². The molecule has 3 N–H and O–H groups in total. The number of nitrogens with two attached hydrogens (primary N) is 1. The Hall–Kier alpha value is -1.04. The van der Waals surface area contributed by atoms with E-state index in [0.29, 0.717) is 5.56 Å². The molecule has 1 aromatic rings. The Balaban J connectivity index is 2.38. The van der Waals surface area contributed by atoms with Crippen molar-refractivity contribution in [2.24, 2.45) is 5.84 Å². The van der Waals surface area contributed by atoms with Crippen LogP contribution in [0.25, 0.3) is 0 Å². The first-order valence-electron chi connectivity index (χ1n) is 7.69. The van der Waals surface area contributed by atoms with E-state index in [-0.39, 0.29) is 5.54 Å². The van der Waals surface area contributed by atoms with E-state index in [9.17, 15) is 8.78 Å². The molecule has 2 unspecified atom stereocenters. The van der Waals surface area contributed by atoms with Crippen LogP contribution in [-0.2, 0) is 0 Å². The fraction of sp³-hybridized carbons (Fsp3) is 0.625. The van der Waals surface area contributed by atoms with Crippen molar-refractivity contribution >= 4 is 0 Å². The normalized spacial score (nSPS) is 21.0. The Labute approximate surface area is 125 Å². The van der Waals surface area contributed by atoms with E-state index in [2.05, 4.69) is 24.2 Å². The molecule has 0 spiro atoms. The lowest BCUT2D eigenvalue weighted by atomic mass is 9.82. The monoisotopic (exact) mass is 297 g/mol. The Kier molecular flexibility index (Phi) is 5.30. The molecule has 21 heavy (non-hydrogen) atoms. The zero-order chi connectivity index (χ0) is 15.5. The largest absolute Gasteiger partial charge is 0.296 e. The molecule has 0 aliphatic carbocycles. The number of nitrogens with one attached hydrogen (secondary N) is 1. The number of benzene rings is 1. The fourth-order valence-corrected chi connectivity index (χ4v) is 3.36. The summed E-state index contributed by atoms with van der Waals surface area (Å²) in [5, 5.41) is 0. The maximum absolute atomic E-state index is 14.2. The summed E-state index contributed by atoms with van der Waals surface area (Å²) in [5.74, 6) is 4.09. The third kappa shape index (κ3) is 3.10. The molecule has 2 rings (SSSR count). The maximum Gasteiger partial charge on any atom is 0.163 e. The fourth-order valence-electron chi connectivity index (χ4n) is 3.36. The number of nitrogens with zero attached hydrogens (tertiary/aromatic N) is 1. The smallest absolute Gasteiger partial charge is 0.163 e. The number of piperidine rings is 1. The highest BCUT2D eigenvalue weighted by molar-refractivity contribution is 5.26. The van der Waals surface area contributed by atoms with E-state index >= 15 is 0 Å². The molecule has 0 amide bonds. The Morgan fingerprint density at radius 1 is 1.29 bits per heavy atom. The van der Waals surface area contributed by atoms with Crippen molar-refractivity contribution in [3.63, 3.8) is 0 Å². The van der Waals surface area contributed by atoms with Gasteiger partial charge in [-0.15, -0.1) is 0 Å². The number of hydrogen-bond donors (Lipinski definition) is 2. The molecule has 118 valence electrons. The Morgan fingerprint density at radius 3 is 2.52 bits per heavy atom. The van der Waals surface area contributed by atoms with Crippen LogP contribution in [0.5, 0.6) is 0 Å². The number of hydrogen-bond acceptors (Lipinski definition) is 3. The quantitative estimate of drug-likeness (QED) is 0.648. The average molecular weight is 297 g/mol. The number of halogens is 2. The topological polar surface area (TPSA) is 41.3 Å². The lowest BCUT2D eigenvalue weighted by Gasteiger charge is -2.48. The average Bonchev–Trinajstić information content (AvgIpc) is 2.52. The summed E-state index contributed by atoms with van der Waals surface area (Å²) in [6, 6.07) is 3.83. The molecule has 0 radical (unpaired) electrons. The highest BCUT2D eigenvalue weighted by Crippen LogP contribution is 2.36. The first-order valence-corrected chi connectivity index (χ1v) is 7.69. The predicted octanol–water partition coefficient (Wildman–Crippen LogP) is 3.12. The molecule has 5 heteroatoms. The molecule has 1 aliphatic rings. The highest BCUT2D eigenvalue weighted by Gasteiger charge is 2.40. The summed E-state index contributed by atoms with van der Waals surface area (Å²) in [7, 11) is 0. The summed E-state index contributed by atoms with van der Waals surface area (Å²) >= 11 is 0. The Morgan fingerprint density at radius 2 is 1.95 bits per heavy atom. The van der Waals surface area contributed by atoms with Gasteiger partial charge in [0.2, 0.25) is 0 Å². The molecule has 1 aromatic carbocycles. The van der Waals surface area contributed by atoms with Crippen LogP contribution in [-0.4, -0.2) is 23.5 Å². The standard InChI is InChI=1S/C16H25F2N3/c1-3-16(2,21-10-5-4-6-11-21)15(20-19)12-8-7-9-13(17)14(12)18/h7-9,15,20H,3-6,10-11,19H2,1-2H3. The van der Waals surface area contributed by atoms with Gasteiger partial charge in [-0.2, -0.15) is 0 Å². The summed E-state index contributed by atoms with van der Waals surface area (Å²) in [5.41, 5.74) is 2.68. The molecule has 3 nitrogen and oxygen atoms in total. The molecule has 1 fully saturated rings. The lowest BCUT2D eigenvalue weighted by Crippen LogP contribution is -2.57. The van der Waals surface area contributed by atoms with Crippen molar-refractivity contribution in [2.45, 2.75) is 51.1 Å². The molecule has 2 atom stereocenters. The second-order valence-electron chi connectivity index (χ2n) is 6.00. The zero-order valence-electron chi connectivity index (χ0n) is 12.8. The first kappa shape index (κ1) is 16.3. The third-order valence-corrected chi connectivity index (χ3v) is 4.88. The van der Waals surface area contributed by atoms with Crippen molar-refractivity contribution in [3.8, 4) is 0 Å². The maximum atomic E-state index is 14.2. The molecule has 0 aromatic heterocycles. The van der Waals surface area contributed by atoms with Gasteiger partial charge < -0.3 is 0 Å². The van der Waals surface area contributed by atoms with E-state index in [4.69, 9.17) is 5.84 Å². The van der Waals surface area contributed by atoms with Crippen molar-refractivity contribution in [1.29, 1.82) is 0 Å². The van der Waals surface area contributed by atoms with Crippen LogP contribution >= 0.6 is 0 Å². The van der Waals surface area contributed by atoms with Crippen LogP contribution in [0, 0.1) is 11.6 Å². The van der Waals surface area contributed by atoms with E-state index in [1.54, 1.807) is 6.07 Å². The summed E-state index contributed by atoms with van der Waals surface area (Å²) < 4.78 is 27.7. The van der Waals surface area contributed by atoms with Gasteiger partial charge in [0.05, 0.1) is 6.04 Å². The molecular weight excluding hydrogens is 272 g/mol. The number of likely N-dealkylation sites (tertiary alicyclic amines) is 1. The third-order valence-electron chi connectivity index (χ3n) is 4.88. The minimum atomic E-state index is -0.829. The van der Waals surface area contributed by atoms with E-state index in [1.807, 2.05) is 0 Å². The highest BCUT2D eigenvalue weighted by atomic mass is 19.2. The predicted molar refractivity (Wildman–Crippen MR) is 80.5 cm³/mol. The summed E-state index contributed by atoms with van der Waals surface area (Å²) in [4.78, 5) is 2.35. The summed E-state index contributed by atoms with van der Waals surface area (Å²) in [6.07, 6.45) is 4.31. The van der Waals surface area contributed by atoms with Gasteiger partial charge in [-0.25, -0.2) is 8.78 Å². The van der Waals surface area contributed by atoms with Gasteiger partial charge >= 0.3 is 0 Å². The van der Waals surface area contributed by atoms with Gasteiger partial charge in [0.1, 0.15) is 0 Å². The van der Waals surface area contributed by atoms with E-state index in [0.717, 1.165) is 38.4 Å². The minimum Gasteiger partial charge on any atom is -0.296 e. The van der Waals surface area contributed by atoms with E-state index in [1.165, 1.54) is 12.5 Å².